The SMILES string of the molecule is CC.CCCn1c(=O)[nH]c2cnccc21.[HH]. The fourth-order valence-corrected chi connectivity index (χ4v) is 1.46. The van der Waals surface area contributed by atoms with Gasteiger partial charge in [-0.3, -0.25) is 9.55 Å². The second-order valence-electron chi connectivity index (χ2n) is 2.97. The van der Waals surface area contributed by atoms with Crippen molar-refractivity contribution in [3.63, 3.8) is 0 Å². The summed E-state index contributed by atoms with van der Waals surface area (Å²) in [6, 6.07) is 1.85. The number of aromatic amines is 1. The Labute approximate surface area is 90.4 Å². The summed E-state index contributed by atoms with van der Waals surface area (Å²) in [5.74, 6) is 0. The average Bonchev–Trinajstić information content (AvgIpc) is 2.59. The van der Waals surface area contributed by atoms with E-state index in [2.05, 4.69) is 9.97 Å². The Hall–Kier alpha value is -1.58. The van der Waals surface area contributed by atoms with Crippen LogP contribution >= 0.6 is 0 Å². The molecule has 0 bridgehead atoms. The molecule has 0 aliphatic carbocycles. The number of imidazole rings is 1. The quantitative estimate of drug-likeness (QED) is 0.825. The van der Waals surface area contributed by atoms with Crippen molar-refractivity contribution >= 4 is 11.0 Å². The summed E-state index contributed by atoms with van der Waals surface area (Å²) >= 11 is 0. The summed E-state index contributed by atoms with van der Waals surface area (Å²) in [6.45, 7) is 6.80. The summed E-state index contributed by atoms with van der Waals surface area (Å²) in [7, 11) is 0. The van der Waals surface area contributed by atoms with E-state index in [-0.39, 0.29) is 7.12 Å². The van der Waals surface area contributed by atoms with Crippen LogP contribution in [0.4, 0.5) is 0 Å². The number of H-pyrrole nitrogens is 1. The standard InChI is InChI=1S/C9H11N3O.C2H6.H2/c1-2-5-12-8-3-4-10-6-7(8)11-9(12)13;1-2;/h3-4,6H,2,5H2,1H3,(H,11,13);1-2H3;1H. The number of rotatable bonds is 2. The number of pyridine rings is 1. The van der Waals surface area contributed by atoms with Gasteiger partial charge in [0.2, 0.25) is 0 Å². The van der Waals surface area contributed by atoms with Crippen molar-refractivity contribution in [3.8, 4) is 0 Å². The Kier molecular flexibility index (Phi) is 4.09. The fourth-order valence-electron chi connectivity index (χ4n) is 1.46. The molecular weight excluding hydrogens is 190 g/mol. The van der Waals surface area contributed by atoms with Crippen LogP contribution in [0.1, 0.15) is 28.6 Å². The van der Waals surface area contributed by atoms with Gasteiger partial charge in [-0.25, -0.2) is 4.79 Å². The lowest BCUT2D eigenvalue weighted by molar-refractivity contribution is 0.674. The number of aromatic nitrogens is 3. The Balaban J connectivity index is 0.000000711. The van der Waals surface area contributed by atoms with Crippen LogP contribution in [0, 0.1) is 0 Å². The minimum atomic E-state index is -0.0511. The minimum Gasteiger partial charge on any atom is -0.304 e. The van der Waals surface area contributed by atoms with Gasteiger partial charge in [-0.05, 0) is 12.5 Å². The summed E-state index contributed by atoms with van der Waals surface area (Å²) in [4.78, 5) is 18.1. The van der Waals surface area contributed by atoms with Crippen molar-refractivity contribution in [3.05, 3.63) is 28.9 Å². The van der Waals surface area contributed by atoms with Crippen LogP contribution in [0.25, 0.3) is 11.0 Å². The molecule has 2 rings (SSSR count). The lowest BCUT2D eigenvalue weighted by atomic mass is 10.4. The fraction of sp³-hybridized carbons (Fsp3) is 0.455. The molecule has 2 aromatic heterocycles. The van der Waals surface area contributed by atoms with Crippen LogP contribution in [0.15, 0.2) is 23.3 Å². The maximum absolute atomic E-state index is 11.4. The van der Waals surface area contributed by atoms with Crippen LogP contribution in [-0.2, 0) is 6.54 Å². The largest absolute Gasteiger partial charge is 0.326 e. The van der Waals surface area contributed by atoms with E-state index in [0.717, 1.165) is 24.0 Å². The average molecular weight is 209 g/mol. The van der Waals surface area contributed by atoms with Gasteiger partial charge < -0.3 is 4.98 Å². The van der Waals surface area contributed by atoms with Gasteiger partial charge in [-0.15, -0.1) is 0 Å². The molecule has 15 heavy (non-hydrogen) atoms. The van der Waals surface area contributed by atoms with Crippen molar-refractivity contribution in [2.24, 2.45) is 0 Å². The number of hydrogen-bond acceptors (Lipinski definition) is 2. The van der Waals surface area contributed by atoms with Crippen molar-refractivity contribution in [2.45, 2.75) is 33.7 Å². The lowest BCUT2D eigenvalue weighted by Gasteiger charge is -1.98. The Morgan fingerprint density at radius 3 is 2.93 bits per heavy atom. The van der Waals surface area contributed by atoms with Gasteiger partial charge in [-0.1, -0.05) is 20.8 Å². The van der Waals surface area contributed by atoms with Gasteiger partial charge in [0.15, 0.2) is 0 Å². The van der Waals surface area contributed by atoms with E-state index in [1.165, 1.54) is 0 Å². The second-order valence-corrected chi connectivity index (χ2v) is 2.97. The molecule has 4 nitrogen and oxygen atoms in total. The summed E-state index contributed by atoms with van der Waals surface area (Å²) < 4.78 is 1.73. The van der Waals surface area contributed by atoms with Crippen molar-refractivity contribution < 1.29 is 1.43 Å². The van der Waals surface area contributed by atoms with Crippen LogP contribution in [0.2, 0.25) is 0 Å². The van der Waals surface area contributed by atoms with E-state index in [1.807, 2.05) is 26.8 Å². The number of nitrogens with zero attached hydrogens (tertiary/aromatic N) is 2. The normalized spacial score (nSPS) is 9.80. The Morgan fingerprint density at radius 2 is 2.27 bits per heavy atom. The maximum atomic E-state index is 11.4. The molecule has 84 valence electrons. The van der Waals surface area contributed by atoms with E-state index in [0.29, 0.717) is 0 Å². The first-order valence-electron chi connectivity index (χ1n) is 5.35. The molecule has 0 spiro atoms. The molecule has 0 aromatic carbocycles. The predicted octanol–water partition coefficient (Wildman–Crippen LogP) is 2.41. The highest BCUT2D eigenvalue weighted by Gasteiger charge is 2.03. The van der Waals surface area contributed by atoms with Crippen LogP contribution < -0.4 is 5.69 Å². The first-order chi connectivity index (χ1) is 7.33. The monoisotopic (exact) mass is 209 g/mol. The highest BCUT2D eigenvalue weighted by atomic mass is 16.1. The van der Waals surface area contributed by atoms with Gasteiger partial charge in [0.05, 0.1) is 17.2 Å². The van der Waals surface area contributed by atoms with E-state index >= 15 is 0 Å². The van der Waals surface area contributed by atoms with Crippen molar-refractivity contribution in [2.75, 3.05) is 0 Å². The molecule has 0 atom stereocenters. The molecule has 2 aromatic rings. The van der Waals surface area contributed by atoms with Crippen molar-refractivity contribution in [1.29, 1.82) is 0 Å². The zero-order chi connectivity index (χ0) is 11.3. The molecule has 4 heteroatoms. The second kappa shape index (κ2) is 5.34. The van der Waals surface area contributed by atoms with E-state index < -0.39 is 0 Å². The summed E-state index contributed by atoms with van der Waals surface area (Å²) in [5.41, 5.74) is 1.69. The number of aryl methyl sites for hydroxylation is 1. The van der Waals surface area contributed by atoms with Crippen LogP contribution in [0.3, 0.4) is 0 Å². The molecule has 0 aliphatic rings. The Morgan fingerprint density at radius 1 is 1.53 bits per heavy atom. The van der Waals surface area contributed by atoms with Crippen LogP contribution in [0.5, 0.6) is 0 Å². The Bertz CT molecular complexity index is 475. The number of hydrogen-bond donors (Lipinski definition) is 1. The molecule has 2 heterocycles. The lowest BCUT2D eigenvalue weighted by Crippen LogP contribution is -2.16. The summed E-state index contributed by atoms with van der Waals surface area (Å²) in [5, 5.41) is 0. The van der Waals surface area contributed by atoms with Gasteiger partial charge >= 0.3 is 5.69 Å². The van der Waals surface area contributed by atoms with Gasteiger partial charge in [0.1, 0.15) is 0 Å². The third-order valence-corrected chi connectivity index (χ3v) is 2.02. The third kappa shape index (κ3) is 2.26. The van der Waals surface area contributed by atoms with Gasteiger partial charge in [0.25, 0.3) is 0 Å². The maximum Gasteiger partial charge on any atom is 0.326 e. The molecular formula is C11H19N3O. The zero-order valence-electron chi connectivity index (χ0n) is 9.45. The smallest absolute Gasteiger partial charge is 0.304 e. The molecule has 0 saturated heterocycles. The zero-order valence-corrected chi connectivity index (χ0v) is 9.45. The van der Waals surface area contributed by atoms with E-state index in [4.69, 9.17) is 0 Å². The molecule has 0 saturated carbocycles. The highest BCUT2D eigenvalue weighted by Crippen LogP contribution is 2.06. The van der Waals surface area contributed by atoms with E-state index in [9.17, 15) is 4.79 Å². The predicted molar refractivity (Wildman–Crippen MR) is 64.1 cm³/mol. The number of fused-ring (bicyclic) bond motifs is 1. The molecule has 0 aliphatic heterocycles. The highest BCUT2D eigenvalue weighted by molar-refractivity contribution is 5.73. The molecule has 0 radical (unpaired) electrons. The molecule has 0 amide bonds. The van der Waals surface area contributed by atoms with Crippen LogP contribution in [-0.4, -0.2) is 14.5 Å². The number of nitrogens with one attached hydrogen (secondary N) is 1. The van der Waals surface area contributed by atoms with Gasteiger partial charge in [-0.2, -0.15) is 0 Å². The third-order valence-electron chi connectivity index (χ3n) is 2.02. The van der Waals surface area contributed by atoms with Gasteiger partial charge in [0, 0.05) is 14.2 Å². The topological polar surface area (TPSA) is 50.7 Å². The minimum absolute atomic E-state index is 0. The first kappa shape index (κ1) is 11.5. The summed E-state index contributed by atoms with van der Waals surface area (Å²) in [6.07, 6.45) is 4.32. The first-order valence-corrected chi connectivity index (χ1v) is 5.35. The van der Waals surface area contributed by atoms with Crippen molar-refractivity contribution in [1.82, 2.24) is 14.5 Å². The molecule has 1 N–H and O–H groups in total. The van der Waals surface area contributed by atoms with E-state index in [1.54, 1.807) is 17.0 Å². The molecule has 0 fully saturated rings. The molecule has 0 unspecified atom stereocenters.